The lowest BCUT2D eigenvalue weighted by atomic mass is 10.1. The van der Waals surface area contributed by atoms with Crippen molar-refractivity contribution in [3.63, 3.8) is 0 Å². The number of hydrogen-bond donors (Lipinski definition) is 0. The van der Waals surface area contributed by atoms with Crippen LogP contribution in [0.2, 0.25) is 0 Å². The normalized spacial score (nSPS) is 13.2. The smallest absolute Gasteiger partial charge is 0.406 e. The molecule has 2 rings (SSSR count). The second kappa shape index (κ2) is 8.06. The molecule has 0 spiro atoms. The van der Waals surface area contributed by atoms with Gasteiger partial charge in [0, 0.05) is 5.71 Å². The first-order chi connectivity index (χ1) is 10.3. The fraction of sp³-hybridized carbons (Fsp3) is 0.235. The monoisotopic (exact) mass is 341 g/mol. The topological polar surface area (TPSA) is 21.6 Å². The number of hydrogen-bond acceptors (Lipinski definition) is 2. The highest BCUT2D eigenvalue weighted by Crippen LogP contribution is 2.23. The van der Waals surface area contributed by atoms with Crippen LogP contribution in [0.1, 0.15) is 31.0 Å². The zero-order valence-electron chi connectivity index (χ0n) is 12.8. The zero-order chi connectivity index (χ0) is 16.2. The van der Waals surface area contributed by atoms with Gasteiger partial charge in [0.2, 0.25) is 0 Å². The van der Waals surface area contributed by atoms with Crippen LogP contribution in [-0.4, -0.2) is 12.1 Å². The fourth-order valence-electron chi connectivity index (χ4n) is 2.07. The van der Waals surface area contributed by atoms with Crippen molar-refractivity contribution in [3.8, 4) is 5.75 Å². The molecule has 0 amide bonds. The molecule has 1 unspecified atom stereocenters. The van der Waals surface area contributed by atoms with E-state index in [2.05, 4.69) is 9.73 Å². The molecule has 0 fully saturated rings. The molecular weight excluding hydrogens is 323 g/mol. The second-order valence-electron chi connectivity index (χ2n) is 4.87. The Kier molecular flexibility index (Phi) is 6.69. The van der Waals surface area contributed by atoms with Gasteiger partial charge in [0.15, 0.2) is 0 Å². The van der Waals surface area contributed by atoms with Crippen molar-refractivity contribution in [2.75, 3.05) is 0 Å². The van der Waals surface area contributed by atoms with Gasteiger partial charge in [0.1, 0.15) is 5.75 Å². The summed E-state index contributed by atoms with van der Waals surface area (Å²) in [6.07, 6.45) is -4.67. The van der Waals surface area contributed by atoms with Crippen molar-refractivity contribution in [1.29, 1.82) is 0 Å². The predicted octanol–water partition coefficient (Wildman–Crippen LogP) is 5.27. The number of ether oxygens (including phenoxy) is 1. The van der Waals surface area contributed by atoms with Gasteiger partial charge in [-0.15, -0.1) is 13.2 Å². The summed E-state index contributed by atoms with van der Waals surface area (Å²) in [5.41, 5.74) is 2.60. The summed E-state index contributed by atoms with van der Waals surface area (Å²) >= 11 is 0. The summed E-state index contributed by atoms with van der Waals surface area (Å²) in [5.74, 6) is -0.236. The number of nitrogens with zero attached hydrogens (tertiary/aromatic N) is 1. The number of rotatable bonds is 4. The van der Waals surface area contributed by atoms with Gasteiger partial charge in [0.05, 0.1) is 6.04 Å². The van der Waals surface area contributed by atoms with Crippen LogP contribution in [-0.2, 0) is 0 Å². The van der Waals surface area contributed by atoms with E-state index in [4.69, 9.17) is 0 Å². The van der Waals surface area contributed by atoms with Crippen molar-refractivity contribution in [3.05, 3.63) is 65.7 Å². The molecule has 0 radical (unpaired) electrons. The highest BCUT2D eigenvalue weighted by molar-refractivity contribution is 7.59. The SMILES string of the molecule is CC(=NC(C)c1ccccc1)c1ccc(OC(F)(F)F)cc1.S. The Morgan fingerprint density at radius 3 is 2.09 bits per heavy atom. The minimum absolute atomic E-state index is 0. The summed E-state index contributed by atoms with van der Waals surface area (Å²) in [6, 6.07) is 15.5. The number of alkyl halides is 3. The molecule has 0 heterocycles. The van der Waals surface area contributed by atoms with Gasteiger partial charge in [-0.1, -0.05) is 30.3 Å². The summed E-state index contributed by atoms with van der Waals surface area (Å²) in [7, 11) is 0. The second-order valence-corrected chi connectivity index (χ2v) is 4.87. The minimum Gasteiger partial charge on any atom is -0.406 e. The van der Waals surface area contributed by atoms with Gasteiger partial charge in [0.25, 0.3) is 0 Å². The van der Waals surface area contributed by atoms with Crippen molar-refractivity contribution in [2.24, 2.45) is 4.99 Å². The van der Waals surface area contributed by atoms with Gasteiger partial charge >= 0.3 is 6.36 Å². The van der Waals surface area contributed by atoms with Crippen LogP contribution in [0.25, 0.3) is 0 Å². The van der Waals surface area contributed by atoms with Crippen molar-refractivity contribution >= 4 is 19.2 Å². The molecule has 2 aromatic rings. The third-order valence-corrected chi connectivity index (χ3v) is 3.17. The highest BCUT2D eigenvalue weighted by atomic mass is 32.1. The lowest BCUT2D eigenvalue weighted by Crippen LogP contribution is -2.17. The Bertz CT molecular complexity index is 639. The van der Waals surface area contributed by atoms with Crippen LogP contribution in [0.4, 0.5) is 13.2 Å². The first kappa shape index (κ1) is 19.1. The molecule has 0 saturated carbocycles. The summed E-state index contributed by atoms with van der Waals surface area (Å²) in [5, 5.41) is 0. The van der Waals surface area contributed by atoms with E-state index in [0.717, 1.165) is 16.8 Å². The maximum atomic E-state index is 12.1. The standard InChI is InChI=1S/C17H16F3NO.H2S/c1-12(14-6-4-3-5-7-14)21-13(2)15-8-10-16(11-9-15)22-17(18,19)20;/h3-12H,1-2H3;1H2. The third kappa shape index (κ3) is 5.98. The molecule has 0 aliphatic heterocycles. The van der Waals surface area contributed by atoms with Crippen LogP contribution in [0.3, 0.4) is 0 Å². The molecule has 2 nitrogen and oxygen atoms in total. The maximum Gasteiger partial charge on any atom is 0.573 e. The van der Waals surface area contributed by atoms with E-state index in [0.29, 0.717) is 0 Å². The van der Waals surface area contributed by atoms with E-state index < -0.39 is 6.36 Å². The van der Waals surface area contributed by atoms with E-state index in [9.17, 15) is 13.2 Å². The molecule has 0 N–H and O–H groups in total. The first-order valence-corrected chi connectivity index (χ1v) is 6.81. The summed E-state index contributed by atoms with van der Waals surface area (Å²) < 4.78 is 40.2. The van der Waals surface area contributed by atoms with E-state index in [1.165, 1.54) is 12.1 Å². The summed E-state index contributed by atoms with van der Waals surface area (Å²) in [6.45, 7) is 3.80. The highest BCUT2D eigenvalue weighted by Gasteiger charge is 2.30. The number of halogens is 3. The van der Waals surface area contributed by atoms with Crippen molar-refractivity contribution < 1.29 is 17.9 Å². The molecule has 0 bridgehead atoms. The minimum atomic E-state index is -4.67. The van der Waals surface area contributed by atoms with E-state index >= 15 is 0 Å². The van der Waals surface area contributed by atoms with E-state index in [1.54, 1.807) is 12.1 Å². The average Bonchev–Trinajstić information content (AvgIpc) is 2.47. The van der Waals surface area contributed by atoms with Crippen LogP contribution in [0, 0.1) is 0 Å². The molecule has 23 heavy (non-hydrogen) atoms. The Hall–Kier alpha value is -1.95. The number of aliphatic imine (C=N–C) groups is 1. The molecule has 1 atom stereocenters. The van der Waals surface area contributed by atoms with Gasteiger partial charge < -0.3 is 4.74 Å². The number of benzene rings is 2. The lowest BCUT2D eigenvalue weighted by Gasteiger charge is -2.11. The first-order valence-electron chi connectivity index (χ1n) is 6.81. The molecule has 0 saturated heterocycles. The van der Waals surface area contributed by atoms with Crippen molar-refractivity contribution in [1.82, 2.24) is 0 Å². The van der Waals surface area contributed by atoms with Gasteiger partial charge in [-0.25, -0.2) is 0 Å². The van der Waals surface area contributed by atoms with Crippen LogP contribution >= 0.6 is 13.5 Å². The van der Waals surface area contributed by atoms with Gasteiger partial charge in [-0.2, -0.15) is 13.5 Å². The van der Waals surface area contributed by atoms with Gasteiger partial charge in [-0.3, -0.25) is 4.99 Å². The molecule has 6 heteroatoms. The molecule has 0 aromatic heterocycles. The average molecular weight is 341 g/mol. The molecule has 124 valence electrons. The molecule has 0 aliphatic rings. The summed E-state index contributed by atoms with van der Waals surface area (Å²) in [4.78, 5) is 4.58. The Labute approximate surface area is 140 Å². The molecular formula is C17H18F3NOS. The Balaban J connectivity index is 0.00000264. The molecule has 0 aliphatic carbocycles. The lowest BCUT2D eigenvalue weighted by molar-refractivity contribution is -0.274. The van der Waals surface area contributed by atoms with E-state index in [-0.39, 0.29) is 25.3 Å². The van der Waals surface area contributed by atoms with Crippen LogP contribution in [0.15, 0.2) is 59.6 Å². The largest absolute Gasteiger partial charge is 0.573 e. The van der Waals surface area contributed by atoms with Crippen LogP contribution < -0.4 is 4.74 Å². The maximum absolute atomic E-state index is 12.1. The fourth-order valence-corrected chi connectivity index (χ4v) is 2.07. The van der Waals surface area contributed by atoms with Crippen LogP contribution in [0.5, 0.6) is 5.75 Å². The Morgan fingerprint density at radius 2 is 1.57 bits per heavy atom. The quantitative estimate of drug-likeness (QED) is 0.694. The van der Waals surface area contributed by atoms with Crippen molar-refractivity contribution in [2.45, 2.75) is 26.3 Å². The van der Waals surface area contributed by atoms with Gasteiger partial charge in [-0.05, 0) is 49.2 Å². The third-order valence-electron chi connectivity index (χ3n) is 3.17. The Morgan fingerprint density at radius 1 is 1.00 bits per heavy atom. The van der Waals surface area contributed by atoms with E-state index in [1.807, 2.05) is 44.2 Å². The molecule has 2 aromatic carbocycles. The predicted molar refractivity (Wildman–Crippen MR) is 90.6 cm³/mol. The zero-order valence-corrected chi connectivity index (χ0v) is 13.8.